The van der Waals surface area contributed by atoms with Crippen LogP contribution in [-0.2, 0) is 24.6 Å². The smallest absolute Gasteiger partial charge is 0.255 e. The van der Waals surface area contributed by atoms with E-state index in [1.807, 2.05) is 0 Å². The van der Waals surface area contributed by atoms with Gasteiger partial charge >= 0.3 is 0 Å². The Morgan fingerprint density at radius 3 is 2.36 bits per heavy atom. The SMILES string of the molecule is O=C(Nc1cccc(S(=O)(=O)C2CCCC2)c1)c1cccc(S(=O)(=O)NCC2CCCO2)c1. The molecule has 178 valence electrons. The van der Waals surface area contributed by atoms with Crippen LogP contribution >= 0.6 is 0 Å². The molecule has 8 nitrogen and oxygen atoms in total. The molecule has 1 heterocycles. The molecule has 1 aliphatic carbocycles. The number of anilines is 1. The minimum atomic E-state index is -3.80. The van der Waals surface area contributed by atoms with Gasteiger partial charge in [0, 0.05) is 24.4 Å². The van der Waals surface area contributed by atoms with Gasteiger partial charge in [0.2, 0.25) is 10.0 Å². The number of benzene rings is 2. The zero-order valence-corrected chi connectivity index (χ0v) is 19.8. The summed E-state index contributed by atoms with van der Waals surface area (Å²) in [5, 5.41) is 2.30. The van der Waals surface area contributed by atoms with Gasteiger partial charge in [-0.3, -0.25) is 4.79 Å². The van der Waals surface area contributed by atoms with E-state index in [1.165, 1.54) is 36.4 Å². The van der Waals surface area contributed by atoms with Gasteiger partial charge in [-0.05, 0) is 62.1 Å². The van der Waals surface area contributed by atoms with Crippen LogP contribution in [-0.4, -0.2) is 47.2 Å². The maximum Gasteiger partial charge on any atom is 0.255 e. The average Bonchev–Trinajstić information content (AvgIpc) is 3.53. The summed E-state index contributed by atoms with van der Waals surface area (Å²) in [5.41, 5.74) is 0.489. The molecule has 2 N–H and O–H groups in total. The van der Waals surface area contributed by atoms with E-state index in [-0.39, 0.29) is 33.3 Å². The topological polar surface area (TPSA) is 119 Å². The van der Waals surface area contributed by atoms with Crippen molar-refractivity contribution in [2.45, 2.75) is 59.7 Å². The molecule has 1 amide bonds. The summed E-state index contributed by atoms with van der Waals surface area (Å²) < 4.78 is 59.0. The van der Waals surface area contributed by atoms with Crippen LogP contribution < -0.4 is 10.0 Å². The van der Waals surface area contributed by atoms with Crippen LogP contribution in [0.15, 0.2) is 58.3 Å². The highest BCUT2D eigenvalue weighted by atomic mass is 32.2. The number of hydrogen-bond acceptors (Lipinski definition) is 6. The molecular weight excluding hydrogens is 464 g/mol. The number of sulfonamides is 1. The molecule has 2 aromatic rings. The lowest BCUT2D eigenvalue weighted by atomic mass is 10.2. The second-order valence-electron chi connectivity index (χ2n) is 8.45. The molecule has 10 heteroatoms. The number of hydrogen-bond donors (Lipinski definition) is 2. The van der Waals surface area contributed by atoms with E-state index in [2.05, 4.69) is 10.0 Å². The highest BCUT2D eigenvalue weighted by Gasteiger charge is 2.30. The second-order valence-corrected chi connectivity index (χ2v) is 12.4. The number of amides is 1. The predicted octanol–water partition coefficient (Wildman–Crippen LogP) is 3.11. The van der Waals surface area contributed by atoms with Crippen molar-refractivity contribution in [3.8, 4) is 0 Å². The molecule has 0 radical (unpaired) electrons. The molecule has 2 fully saturated rings. The van der Waals surface area contributed by atoms with Crippen molar-refractivity contribution in [3.05, 3.63) is 54.1 Å². The third-order valence-electron chi connectivity index (χ3n) is 6.09. The number of carbonyl (C=O) groups excluding carboxylic acids is 1. The van der Waals surface area contributed by atoms with E-state index in [4.69, 9.17) is 4.74 Å². The maximum absolute atomic E-state index is 12.9. The molecule has 2 aliphatic rings. The quantitative estimate of drug-likeness (QED) is 0.585. The fourth-order valence-corrected chi connectivity index (χ4v) is 7.25. The summed E-state index contributed by atoms with van der Waals surface area (Å²) in [5.74, 6) is -0.526. The van der Waals surface area contributed by atoms with Crippen molar-refractivity contribution in [1.82, 2.24) is 4.72 Å². The van der Waals surface area contributed by atoms with Crippen LogP contribution in [0.4, 0.5) is 5.69 Å². The van der Waals surface area contributed by atoms with Crippen molar-refractivity contribution >= 4 is 31.5 Å². The first-order valence-corrected chi connectivity index (χ1v) is 14.2. The Morgan fingerprint density at radius 1 is 0.909 bits per heavy atom. The minimum Gasteiger partial charge on any atom is -0.377 e. The fourth-order valence-electron chi connectivity index (χ4n) is 4.24. The van der Waals surface area contributed by atoms with Crippen LogP contribution in [0.3, 0.4) is 0 Å². The summed E-state index contributed by atoms with van der Waals surface area (Å²) in [7, 11) is -7.25. The number of ether oxygens (including phenoxy) is 1. The molecule has 1 saturated carbocycles. The molecule has 4 rings (SSSR count). The van der Waals surface area contributed by atoms with Crippen LogP contribution in [0.1, 0.15) is 48.9 Å². The van der Waals surface area contributed by atoms with E-state index >= 15 is 0 Å². The second kappa shape index (κ2) is 9.92. The molecule has 0 bridgehead atoms. The maximum atomic E-state index is 12.9. The number of nitrogens with one attached hydrogen (secondary N) is 2. The van der Waals surface area contributed by atoms with E-state index in [0.717, 1.165) is 25.7 Å². The Bertz CT molecular complexity index is 1220. The van der Waals surface area contributed by atoms with Crippen LogP contribution in [0.5, 0.6) is 0 Å². The predicted molar refractivity (Wildman–Crippen MR) is 124 cm³/mol. The lowest BCUT2D eigenvalue weighted by Crippen LogP contribution is -2.32. The van der Waals surface area contributed by atoms with Gasteiger partial charge < -0.3 is 10.1 Å². The van der Waals surface area contributed by atoms with E-state index in [1.54, 1.807) is 12.1 Å². The summed E-state index contributed by atoms with van der Waals surface area (Å²) in [6, 6.07) is 11.9. The van der Waals surface area contributed by atoms with E-state index < -0.39 is 25.8 Å². The summed E-state index contributed by atoms with van der Waals surface area (Å²) in [4.78, 5) is 12.9. The van der Waals surface area contributed by atoms with Gasteiger partial charge in [-0.2, -0.15) is 0 Å². The Balaban J connectivity index is 1.47. The van der Waals surface area contributed by atoms with Crippen molar-refractivity contribution in [2.75, 3.05) is 18.5 Å². The molecule has 1 atom stereocenters. The highest BCUT2D eigenvalue weighted by molar-refractivity contribution is 7.92. The van der Waals surface area contributed by atoms with Crippen molar-refractivity contribution in [1.29, 1.82) is 0 Å². The minimum absolute atomic E-state index is 0.0225. The first-order chi connectivity index (χ1) is 15.8. The molecular formula is C23H28N2O6S2. The first kappa shape index (κ1) is 23.9. The van der Waals surface area contributed by atoms with E-state index in [9.17, 15) is 21.6 Å². The van der Waals surface area contributed by atoms with Gasteiger partial charge in [0.05, 0.1) is 21.1 Å². The lowest BCUT2D eigenvalue weighted by molar-refractivity contribution is 0.102. The largest absolute Gasteiger partial charge is 0.377 e. The van der Waals surface area contributed by atoms with Crippen LogP contribution in [0.25, 0.3) is 0 Å². The number of carbonyl (C=O) groups is 1. The standard InChI is InChI=1S/C23H28N2O6S2/c26-23(25-18-7-4-11-21(15-18)32(27,28)20-9-1-2-10-20)17-6-3-12-22(14-17)33(29,30)24-16-19-8-5-13-31-19/h3-4,6-7,11-12,14-15,19-20,24H,1-2,5,8-10,13,16H2,(H,25,26). The molecule has 2 aromatic carbocycles. The van der Waals surface area contributed by atoms with E-state index in [0.29, 0.717) is 25.1 Å². The van der Waals surface area contributed by atoms with Gasteiger partial charge in [-0.1, -0.05) is 25.0 Å². The lowest BCUT2D eigenvalue weighted by Gasteiger charge is -2.13. The van der Waals surface area contributed by atoms with Gasteiger partial charge in [0.25, 0.3) is 5.91 Å². The van der Waals surface area contributed by atoms with Crippen LogP contribution in [0, 0.1) is 0 Å². The fraction of sp³-hybridized carbons (Fsp3) is 0.435. The molecule has 33 heavy (non-hydrogen) atoms. The van der Waals surface area contributed by atoms with Gasteiger partial charge in [-0.15, -0.1) is 0 Å². The number of sulfone groups is 1. The van der Waals surface area contributed by atoms with Crippen molar-refractivity contribution in [3.63, 3.8) is 0 Å². The normalized spacial score (nSPS) is 19.6. The third-order valence-corrected chi connectivity index (χ3v) is 9.77. The average molecular weight is 493 g/mol. The Labute approximate surface area is 194 Å². The summed E-state index contributed by atoms with van der Waals surface area (Å²) in [6.45, 7) is 0.812. The first-order valence-electron chi connectivity index (χ1n) is 11.1. The van der Waals surface area contributed by atoms with Gasteiger partial charge in [-0.25, -0.2) is 21.6 Å². The molecule has 1 saturated heterocycles. The zero-order chi connectivity index (χ0) is 23.5. The molecule has 1 aliphatic heterocycles. The Hall–Kier alpha value is -2.27. The summed E-state index contributed by atoms with van der Waals surface area (Å²) in [6.07, 6.45) is 4.69. The number of rotatable bonds is 8. The van der Waals surface area contributed by atoms with Gasteiger partial charge in [0.1, 0.15) is 0 Å². The molecule has 0 spiro atoms. The monoisotopic (exact) mass is 492 g/mol. The van der Waals surface area contributed by atoms with Crippen molar-refractivity contribution < 1.29 is 26.4 Å². The molecule has 0 aromatic heterocycles. The highest BCUT2D eigenvalue weighted by Crippen LogP contribution is 2.30. The van der Waals surface area contributed by atoms with Gasteiger partial charge in [0.15, 0.2) is 9.84 Å². The Kier molecular flexibility index (Phi) is 7.18. The summed E-state index contributed by atoms with van der Waals surface area (Å²) >= 11 is 0. The third kappa shape index (κ3) is 5.63. The van der Waals surface area contributed by atoms with Crippen molar-refractivity contribution in [2.24, 2.45) is 0 Å². The van der Waals surface area contributed by atoms with Crippen LogP contribution in [0.2, 0.25) is 0 Å². The molecule has 1 unspecified atom stereocenters. The Morgan fingerprint density at radius 2 is 1.64 bits per heavy atom. The zero-order valence-electron chi connectivity index (χ0n) is 18.2.